The monoisotopic (exact) mass is 294 g/mol. The van der Waals surface area contributed by atoms with E-state index < -0.39 is 0 Å². The molecule has 21 heavy (non-hydrogen) atoms. The number of ether oxygens (including phenoxy) is 1. The van der Waals surface area contributed by atoms with Crippen molar-refractivity contribution in [3.05, 3.63) is 22.2 Å². The molecule has 0 radical (unpaired) electrons. The van der Waals surface area contributed by atoms with Crippen molar-refractivity contribution in [2.45, 2.75) is 32.2 Å². The van der Waals surface area contributed by atoms with Crippen LogP contribution >= 0.6 is 0 Å². The Bertz CT molecular complexity index is 489. The smallest absolute Gasteiger partial charge is 0.276 e. The Hall–Kier alpha value is -1.89. The molecule has 1 aromatic rings. The third-order valence-electron chi connectivity index (χ3n) is 3.66. The van der Waals surface area contributed by atoms with Gasteiger partial charge in [-0.3, -0.25) is 10.1 Å². The summed E-state index contributed by atoms with van der Waals surface area (Å²) >= 11 is 0. The van der Waals surface area contributed by atoms with Crippen LogP contribution in [0, 0.1) is 10.1 Å². The standard InChI is InChI=1S/C14H22N4O3/c1-3-6-15-13-9-12(18(19)20)10-14(16-13)17(2)11-4-7-21-8-5-11/h9-11H,3-8H2,1-2H3,(H,15,16). The van der Waals surface area contributed by atoms with Gasteiger partial charge in [0.15, 0.2) is 0 Å². The lowest BCUT2D eigenvalue weighted by Crippen LogP contribution is -2.37. The van der Waals surface area contributed by atoms with Crippen molar-refractivity contribution >= 4 is 17.3 Å². The Kier molecular flexibility index (Phi) is 5.32. The first-order valence-corrected chi connectivity index (χ1v) is 7.32. The summed E-state index contributed by atoms with van der Waals surface area (Å²) in [6, 6.07) is 3.33. The Balaban J connectivity index is 2.23. The van der Waals surface area contributed by atoms with Gasteiger partial charge in [0.1, 0.15) is 11.6 Å². The minimum absolute atomic E-state index is 0.0671. The van der Waals surface area contributed by atoms with Gasteiger partial charge in [-0.15, -0.1) is 0 Å². The third-order valence-corrected chi connectivity index (χ3v) is 3.66. The van der Waals surface area contributed by atoms with Gasteiger partial charge in [-0.25, -0.2) is 4.98 Å². The minimum Gasteiger partial charge on any atom is -0.381 e. The minimum atomic E-state index is -0.375. The number of nitrogens with zero attached hydrogens (tertiary/aromatic N) is 3. The summed E-state index contributed by atoms with van der Waals surface area (Å²) in [5.41, 5.74) is 0.0671. The van der Waals surface area contributed by atoms with Crippen molar-refractivity contribution in [1.29, 1.82) is 0 Å². The lowest BCUT2D eigenvalue weighted by Gasteiger charge is -2.32. The fourth-order valence-electron chi connectivity index (χ4n) is 2.39. The molecule has 0 amide bonds. The highest BCUT2D eigenvalue weighted by molar-refractivity contribution is 5.56. The molecule has 0 unspecified atom stereocenters. The van der Waals surface area contributed by atoms with E-state index in [1.165, 1.54) is 12.1 Å². The summed E-state index contributed by atoms with van der Waals surface area (Å²) in [7, 11) is 1.94. The van der Waals surface area contributed by atoms with Gasteiger partial charge < -0.3 is 15.0 Å². The summed E-state index contributed by atoms with van der Waals surface area (Å²) in [5, 5.41) is 14.2. The highest BCUT2D eigenvalue weighted by atomic mass is 16.6. The molecule has 1 fully saturated rings. The molecular weight excluding hydrogens is 272 g/mol. The van der Waals surface area contributed by atoms with Gasteiger partial charge in [0.05, 0.1) is 17.1 Å². The zero-order valence-electron chi connectivity index (χ0n) is 12.5. The highest BCUT2D eigenvalue weighted by Crippen LogP contribution is 2.26. The van der Waals surface area contributed by atoms with Crippen molar-refractivity contribution in [3.8, 4) is 0 Å². The molecule has 0 atom stereocenters. The maximum atomic E-state index is 11.1. The lowest BCUT2D eigenvalue weighted by atomic mass is 10.1. The molecule has 1 aliphatic heterocycles. The molecule has 0 saturated carbocycles. The predicted octanol–water partition coefficient (Wildman–Crippen LogP) is 2.43. The SMILES string of the molecule is CCCNc1cc([N+](=O)[O-])cc(N(C)C2CCOCC2)n1. The second kappa shape index (κ2) is 7.21. The van der Waals surface area contributed by atoms with Crippen molar-refractivity contribution < 1.29 is 9.66 Å². The van der Waals surface area contributed by atoms with E-state index in [-0.39, 0.29) is 10.6 Å². The summed E-state index contributed by atoms with van der Waals surface area (Å²) in [5.74, 6) is 1.19. The Labute approximate surface area is 124 Å². The van der Waals surface area contributed by atoms with Crippen LogP contribution in [0.1, 0.15) is 26.2 Å². The van der Waals surface area contributed by atoms with E-state index in [1.54, 1.807) is 0 Å². The van der Waals surface area contributed by atoms with Gasteiger partial charge in [-0.2, -0.15) is 0 Å². The maximum Gasteiger partial charge on any atom is 0.276 e. The van der Waals surface area contributed by atoms with Crippen molar-refractivity contribution in [2.24, 2.45) is 0 Å². The second-order valence-electron chi connectivity index (χ2n) is 5.21. The molecule has 7 nitrogen and oxygen atoms in total. The molecule has 0 aliphatic carbocycles. The molecule has 1 saturated heterocycles. The second-order valence-corrected chi connectivity index (χ2v) is 5.21. The molecule has 0 bridgehead atoms. The number of anilines is 2. The van der Waals surface area contributed by atoms with E-state index in [4.69, 9.17) is 4.74 Å². The molecule has 2 rings (SSSR count). The fraction of sp³-hybridized carbons (Fsp3) is 0.643. The van der Waals surface area contributed by atoms with E-state index in [0.29, 0.717) is 17.7 Å². The number of aromatic nitrogens is 1. The predicted molar refractivity (Wildman–Crippen MR) is 81.9 cm³/mol. The van der Waals surface area contributed by atoms with Gasteiger partial charge in [-0.1, -0.05) is 6.92 Å². The van der Waals surface area contributed by atoms with Gasteiger partial charge in [-0.05, 0) is 19.3 Å². The van der Waals surface area contributed by atoms with Crippen LogP contribution in [0.25, 0.3) is 0 Å². The summed E-state index contributed by atoms with van der Waals surface area (Å²) in [6.07, 6.45) is 2.77. The first-order valence-electron chi connectivity index (χ1n) is 7.32. The molecule has 7 heteroatoms. The molecular formula is C14H22N4O3. The lowest BCUT2D eigenvalue weighted by molar-refractivity contribution is -0.384. The normalized spacial score (nSPS) is 15.7. The van der Waals surface area contributed by atoms with Crippen molar-refractivity contribution in [1.82, 2.24) is 4.98 Å². The number of hydrogen-bond acceptors (Lipinski definition) is 6. The zero-order valence-corrected chi connectivity index (χ0v) is 12.5. The van der Waals surface area contributed by atoms with Crippen LogP contribution in [-0.2, 0) is 4.74 Å². The highest BCUT2D eigenvalue weighted by Gasteiger charge is 2.22. The Morgan fingerprint density at radius 1 is 1.48 bits per heavy atom. The van der Waals surface area contributed by atoms with Gasteiger partial charge in [0, 0.05) is 32.8 Å². The molecule has 0 spiro atoms. The molecule has 1 aromatic heterocycles. The van der Waals surface area contributed by atoms with Crippen molar-refractivity contribution in [3.63, 3.8) is 0 Å². The number of pyridine rings is 1. The quantitative estimate of drug-likeness (QED) is 0.641. The van der Waals surface area contributed by atoms with E-state index in [1.807, 2.05) is 18.9 Å². The van der Waals surface area contributed by atoms with Gasteiger partial charge in [0.2, 0.25) is 0 Å². The van der Waals surface area contributed by atoms with Crippen LogP contribution in [-0.4, -0.2) is 42.8 Å². The van der Waals surface area contributed by atoms with Crippen LogP contribution in [0.4, 0.5) is 17.3 Å². The molecule has 1 aliphatic rings. The van der Waals surface area contributed by atoms with Crippen LogP contribution in [0.15, 0.2) is 12.1 Å². The molecule has 2 heterocycles. The summed E-state index contributed by atoms with van der Waals surface area (Å²) in [4.78, 5) is 17.2. The first kappa shape index (κ1) is 15.5. The molecule has 0 aromatic carbocycles. The van der Waals surface area contributed by atoms with E-state index in [0.717, 1.165) is 39.0 Å². The largest absolute Gasteiger partial charge is 0.381 e. The average molecular weight is 294 g/mol. The third kappa shape index (κ3) is 4.04. The maximum absolute atomic E-state index is 11.1. The van der Waals surface area contributed by atoms with Crippen LogP contribution in [0.2, 0.25) is 0 Å². The number of nitrogens with one attached hydrogen (secondary N) is 1. The Morgan fingerprint density at radius 2 is 2.19 bits per heavy atom. The van der Waals surface area contributed by atoms with Crippen LogP contribution in [0.5, 0.6) is 0 Å². The average Bonchev–Trinajstić information content (AvgIpc) is 2.52. The topological polar surface area (TPSA) is 80.5 Å². The van der Waals surface area contributed by atoms with Gasteiger partial charge in [0.25, 0.3) is 5.69 Å². The van der Waals surface area contributed by atoms with E-state index in [2.05, 4.69) is 10.3 Å². The fourth-order valence-corrected chi connectivity index (χ4v) is 2.39. The van der Waals surface area contributed by atoms with E-state index >= 15 is 0 Å². The number of rotatable bonds is 6. The van der Waals surface area contributed by atoms with Crippen molar-refractivity contribution in [2.75, 3.05) is 37.0 Å². The zero-order chi connectivity index (χ0) is 15.2. The molecule has 1 N–H and O–H groups in total. The Morgan fingerprint density at radius 3 is 2.81 bits per heavy atom. The van der Waals surface area contributed by atoms with E-state index in [9.17, 15) is 10.1 Å². The van der Waals surface area contributed by atoms with Crippen LogP contribution in [0.3, 0.4) is 0 Å². The summed E-state index contributed by atoms with van der Waals surface area (Å²) < 4.78 is 5.36. The molecule has 116 valence electrons. The number of nitro groups is 1. The summed E-state index contributed by atoms with van der Waals surface area (Å²) in [6.45, 7) is 4.24. The van der Waals surface area contributed by atoms with Crippen LogP contribution < -0.4 is 10.2 Å². The van der Waals surface area contributed by atoms with Gasteiger partial charge >= 0.3 is 0 Å². The number of hydrogen-bond donors (Lipinski definition) is 1. The first-order chi connectivity index (χ1) is 10.1.